The fourth-order valence-electron chi connectivity index (χ4n) is 3.48. The molecule has 2 N–H and O–H groups in total. The Hall–Kier alpha value is -1.92. The Balaban J connectivity index is 1.50. The van der Waals surface area contributed by atoms with E-state index in [9.17, 15) is 4.79 Å². The topological polar surface area (TPSA) is 57.3 Å². The minimum absolute atomic E-state index is 0.0392. The van der Waals surface area contributed by atoms with Gasteiger partial charge in [0.2, 0.25) is 0 Å². The van der Waals surface area contributed by atoms with Crippen molar-refractivity contribution in [2.45, 2.75) is 52.7 Å². The number of nitrogens with zero attached hydrogens (tertiary/aromatic N) is 2. The van der Waals surface area contributed by atoms with Gasteiger partial charge < -0.3 is 10.6 Å². The van der Waals surface area contributed by atoms with Crippen LogP contribution >= 0.6 is 11.3 Å². The average molecular weight is 373 g/mol. The van der Waals surface area contributed by atoms with Crippen molar-refractivity contribution in [3.8, 4) is 0 Å². The Morgan fingerprint density at radius 2 is 2.00 bits per heavy atom. The number of hydrogen-bond donors (Lipinski definition) is 2. The third-order valence-electron chi connectivity index (χ3n) is 4.73. The number of nitrogens with one attached hydrogen (secondary N) is 2. The summed E-state index contributed by atoms with van der Waals surface area (Å²) in [5, 5.41) is 7.00. The van der Waals surface area contributed by atoms with Crippen LogP contribution in [0, 0.1) is 13.8 Å². The SMILES string of the molecule is Cc1nc(C)c(C(C)NC(=O)NCc2cccc(CN3CCCC3)c2)s1. The molecule has 1 aliphatic rings. The van der Waals surface area contributed by atoms with Gasteiger partial charge in [-0.15, -0.1) is 11.3 Å². The molecule has 1 unspecified atom stereocenters. The summed E-state index contributed by atoms with van der Waals surface area (Å²) in [4.78, 5) is 20.3. The quantitative estimate of drug-likeness (QED) is 0.808. The molecule has 1 atom stereocenters. The van der Waals surface area contributed by atoms with Crippen molar-refractivity contribution in [2.24, 2.45) is 0 Å². The van der Waals surface area contributed by atoms with Crippen LogP contribution in [0.2, 0.25) is 0 Å². The van der Waals surface area contributed by atoms with Gasteiger partial charge in [0, 0.05) is 18.0 Å². The van der Waals surface area contributed by atoms with Crippen LogP contribution in [-0.2, 0) is 13.1 Å². The predicted octanol–water partition coefficient (Wildman–Crippen LogP) is 3.92. The first-order chi connectivity index (χ1) is 12.5. The Bertz CT molecular complexity index is 752. The lowest BCUT2D eigenvalue weighted by Crippen LogP contribution is -2.36. The van der Waals surface area contributed by atoms with E-state index in [1.54, 1.807) is 11.3 Å². The molecule has 1 fully saturated rings. The second-order valence-electron chi connectivity index (χ2n) is 7.03. The third kappa shape index (κ3) is 5.05. The number of carbonyl (C=O) groups is 1. The van der Waals surface area contributed by atoms with Gasteiger partial charge >= 0.3 is 6.03 Å². The van der Waals surface area contributed by atoms with Crippen molar-refractivity contribution in [1.82, 2.24) is 20.5 Å². The van der Waals surface area contributed by atoms with E-state index in [2.05, 4.69) is 44.8 Å². The van der Waals surface area contributed by atoms with Crippen molar-refractivity contribution in [3.63, 3.8) is 0 Å². The standard InChI is InChI=1S/C20H28N4OS/c1-14-19(26-16(3)22-14)15(2)23-20(25)21-12-17-7-6-8-18(11-17)13-24-9-4-5-10-24/h6-8,11,15H,4-5,9-10,12-13H2,1-3H3,(H2,21,23,25). The van der Waals surface area contributed by atoms with Crippen molar-refractivity contribution >= 4 is 17.4 Å². The summed E-state index contributed by atoms with van der Waals surface area (Å²) >= 11 is 1.64. The van der Waals surface area contributed by atoms with E-state index >= 15 is 0 Å². The highest BCUT2D eigenvalue weighted by atomic mass is 32.1. The number of urea groups is 1. The molecule has 2 heterocycles. The van der Waals surface area contributed by atoms with Crippen LogP contribution in [0.1, 0.15) is 52.5 Å². The molecule has 5 nitrogen and oxygen atoms in total. The maximum atomic E-state index is 12.2. The molecule has 1 saturated heterocycles. The Morgan fingerprint density at radius 1 is 1.27 bits per heavy atom. The average Bonchev–Trinajstić information content (AvgIpc) is 3.22. The highest BCUT2D eigenvalue weighted by Crippen LogP contribution is 2.24. The predicted molar refractivity (Wildman–Crippen MR) is 106 cm³/mol. The van der Waals surface area contributed by atoms with Crippen LogP contribution in [-0.4, -0.2) is 29.0 Å². The second-order valence-corrected chi connectivity index (χ2v) is 8.27. The molecule has 2 amide bonds. The van der Waals surface area contributed by atoms with Gasteiger partial charge in [0.25, 0.3) is 0 Å². The zero-order valence-corrected chi connectivity index (χ0v) is 16.7. The maximum absolute atomic E-state index is 12.2. The molecule has 0 saturated carbocycles. The highest BCUT2D eigenvalue weighted by Gasteiger charge is 2.15. The first-order valence-corrected chi connectivity index (χ1v) is 10.1. The van der Waals surface area contributed by atoms with Crippen LogP contribution in [0.3, 0.4) is 0 Å². The zero-order valence-electron chi connectivity index (χ0n) is 15.8. The number of rotatable bonds is 6. The van der Waals surface area contributed by atoms with E-state index in [0.29, 0.717) is 6.54 Å². The fraction of sp³-hybridized carbons (Fsp3) is 0.500. The van der Waals surface area contributed by atoms with Gasteiger partial charge in [-0.2, -0.15) is 0 Å². The van der Waals surface area contributed by atoms with Gasteiger partial charge in [-0.1, -0.05) is 24.3 Å². The van der Waals surface area contributed by atoms with E-state index in [-0.39, 0.29) is 12.1 Å². The molecule has 1 aromatic carbocycles. The summed E-state index contributed by atoms with van der Waals surface area (Å²) in [6.45, 7) is 9.90. The molecule has 3 rings (SSSR count). The molecule has 1 aromatic heterocycles. The summed E-state index contributed by atoms with van der Waals surface area (Å²) in [6, 6.07) is 8.31. The highest BCUT2D eigenvalue weighted by molar-refractivity contribution is 7.11. The summed E-state index contributed by atoms with van der Waals surface area (Å²) < 4.78 is 0. The molecular weight excluding hydrogens is 344 g/mol. The number of thiazole rings is 1. The number of carbonyl (C=O) groups excluding carboxylic acids is 1. The Kier molecular flexibility index (Phi) is 6.27. The van der Waals surface area contributed by atoms with Gasteiger partial charge in [-0.3, -0.25) is 4.90 Å². The minimum atomic E-state index is -0.145. The lowest BCUT2D eigenvalue weighted by Gasteiger charge is -2.16. The van der Waals surface area contributed by atoms with Crippen molar-refractivity contribution in [2.75, 3.05) is 13.1 Å². The molecule has 0 spiro atoms. The molecule has 0 aliphatic carbocycles. The zero-order chi connectivity index (χ0) is 18.5. The van der Waals surface area contributed by atoms with Gasteiger partial charge in [0.05, 0.1) is 16.7 Å². The first-order valence-electron chi connectivity index (χ1n) is 9.29. The monoisotopic (exact) mass is 372 g/mol. The van der Waals surface area contributed by atoms with Crippen molar-refractivity contribution in [1.29, 1.82) is 0 Å². The third-order valence-corrected chi connectivity index (χ3v) is 5.99. The summed E-state index contributed by atoms with van der Waals surface area (Å²) in [5.74, 6) is 0. The number of likely N-dealkylation sites (tertiary alicyclic amines) is 1. The van der Waals surface area contributed by atoms with E-state index < -0.39 is 0 Å². The van der Waals surface area contributed by atoms with E-state index in [4.69, 9.17) is 0 Å². The van der Waals surface area contributed by atoms with Gasteiger partial charge in [0.15, 0.2) is 0 Å². The lowest BCUT2D eigenvalue weighted by atomic mass is 10.1. The Labute approximate surface area is 159 Å². The molecule has 2 aromatic rings. The molecule has 140 valence electrons. The van der Waals surface area contributed by atoms with Crippen LogP contribution in [0.5, 0.6) is 0 Å². The number of hydrogen-bond acceptors (Lipinski definition) is 4. The van der Waals surface area contributed by atoms with Crippen molar-refractivity contribution < 1.29 is 4.79 Å². The summed E-state index contributed by atoms with van der Waals surface area (Å²) in [7, 11) is 0. The van der Waals surface area contributed by atoms with Crippen LogP contribution in [0.25, 0.3) is 0 Å². The number of amides is 2. The summed E-state index contributed by atoms with van der Waals surface area (Å²) in [6.07, 6.45) is 2.61. The Morgan fingerprint density at radius 3 is 2.69 bits per heavy atom. The molecular formula is C20H28N4OS. The molecule has 6 heteroatoms. The number of aryl methyl sites for hydroxylation is 2. The van der Waals surface area contributed by atoms with Crippen LogP contribution in [0.4, 0.5) is 4.79 Å². The summed E-state index contributed by atoms with van der Waals surface area (Å²) in [5.41, 5.74) is 3.44. The second kappa shape index (κ2) is 8.64. The minimum Gasteiger partial charge on any atom is -0.334 e. The van der Waals surface area contributed by atoms with Crippen LogP contribution in [0.15, 0.2) is 24.3 Å². The van der Waals surface area contributed by atoms with Gasteiger partial charge in [-0.25, -0.2) is 9.78 Å². The van der Waals surface area contributed by atoms with E-state index in [1.807, 2.05) is 20.8 Å². The van der Waals surface area contributed by atoms with Gasteiger partial charge in [-0.05, 0) is 57.8 Å². The lowest BCUT2D eigenvalue weighted by molar-refractivity contribution is 0.237. The molecule has 0 radical (unpaired) electrons. The van der Waals surface area contributed by atoms with Gasteiger partial charge in [0.1, 0.15) is 0 Å². The van der Waals surface area contributed by atoms with E-state index in [0.717, 1.165) is 27.7 Å². The number of aromatic nitrogens is 1. The fourth-order valence-corrected chi connectivity index (χ4v) is 4.41. The largest absolute Gasteiger partial charge is 0.334 e. The molecule has 1 aliphatic heterocycles. The first kappa shape index (κ1) is 18.9. The van der Waals surface area contributed by atoms with E-state index in [1.165, 1.54) is 31.5 Å². The normalized spacial score (nSPS) is 15.8. The maximum Gasteiger partial charge on any atom is 0.315 e. The van der Waals surface area contributed by atoms with Crippen LogP contribution < -0.4 is 10.6 Å². The number of benzene rings is 1. The van der Waals surface area contributed by atoms with Crippen molar-refractivity contribution in [3.05, 3.63) is 51.0 Å². The molecule has 0 bridgehead atoms. The smallest absolute Gasteiger partial charge is 0.315 e. The molecule has 26 heavy (non-hydrogen) atoms.